The monoisotopic (exact) mass is 530 g/mol. The molecule has 1 heterocycles. The number of fused-ring (bicyclic) bond motifs is 2. The molecular weight excluding hydrogens is 500 g/mol. The van der Waals surface area contributed by atoms with Crippen LogP contribution in [0.2, 0.25) is 5.02 Å². The lowest BCUT2D eigenvalue weighted by Gasteiger charge is -2.26. The van der Waals surface area contributed by atoms with Gasteiger partial charge in [-0.3, -0.25) is 4.79 Å². The van der Waals surface area contributed by atoms with Crippen molar-refractivity contribution in [2.45, 2.75) is 26.4 Å². The number of esters is 1. The molecule has 37 heavy (non-hydrogen) atoms. The fourth-order valence-electron chi connectivity index (χ4n) is 3.43. The molecule has 2 aromatic rings. The van der Waals surface area contributed by atoms with Crippen molar-refractivity contribution in [3.05, 3.63) is 77.5 Å². The molecule has 0 fully saturated rings. The molecule has 0 amide bonds. The van der Waals surface area contributed by atoms with Crippen molar-refractivity contribution in [1.82, 2.24) is 5.32 Å². The molecule has 0 saturated heterocycles. The van der Waals surface area contributed by atoms with E-state index < -0.39 is 5.97 Å². The number of unbranched alkanes of at least 4 members (excludes halogenated alkanes) is 1. The predicted molar refractivity (Wildman–Crippen MR) is 141 cm³/mol. The topological polar surface area (TPSA) is 114 Å². The van der Waals surface area contributed by atoms with Gasteiger partial charge in [0.2, 0.25) is 0 Å². The van der Waals surface area contributed by atoms with Gasteiger partial charge in [0.25, 0.3) is 6.47 Å². The minimum absolute atomic E-state index is 0.138. The zero-order valence-electron chi connectivity index (χ0n) is 20.6. The second-order valence-electron chi connectivity index (χ2n) is 7.62. The number of carbonyl (C=O) groups is 3. The van der Waals surface area contributed by atoms with Crippen molar-refractivity contribution in [3.8, 4) is 5.75 Å². The third-order valence-electron chi connectivity index (χ3n) is 5.01. The number of carbonyl (C=O) groups excluding carboxylic acids is 2. The number of rotatable bonds is 12. The summed E-state index contributed by atoms with van der Waals surface area (Å²) in [6.45, 7) is 5.28. The number of benzene rings is 2. The van der Waals surface area contributed by atoms with Gasteiger partial charge in [-0.05, 0) is 50.6 Å². The first-order chi connectivity index (χ1) is 18.0. The first kappa shape index (κ1) is 29.4. The van der Waals surface area contributed by atoms with Crippen molar-refractivity contribution in [1.29, 1.82) is 0 Å². The van der Waals surface area contributed by atoms with Crippen molar-refractivity contribution >= 4 is 41.4 Å². The SMILES string of the molecule is CCOC(=O)/C=C/CNCCCCN1c2ccccc2COc2ccc(Cl)cc21.O=CO/C=C\C(=O)O. The third kappa shape index (κ3) is 10.8. The van der Waals surface area contributed by atoms with E-state index in [-0.39, 0.29) is 12.4 Å². The molecule has 0 spiro atoms. The Morgan fingerprint density at radius 2 is 1.97 bits per heavy atom. The van der Waals surface area contributed by atoms with Crippen LogP contribution in [-0.2, 0) is 30.5 Å². The lowest BCUT2D eigenvalue weighted by atomic mass is 10.1. The first-order valence-corrected chi connectivity index (χ1v) is 12.1. The molecule has 1 aliphatic heterocycles. The van der Waals surface area contributed by atoms with Gasteiger partial charge in [0.15, 0.2) is 0 Å². The number of anilines is 2. The second-order valence-corrected chi connectivity index (χ2v) is 8.06. The molecule has 0 aliphatic carbocycles. The smallest absolute Gasteiger partial charge is 0.331 e. The van der Waals surface area contributed by atoms with Crippen LogP contribution in [0.4, 0.5) is 11.4 Å². The number of carboxylic acids is 1. The van der Waals surface area contributed by atoms with Crippen LogP contribution in [0.15, 0.2) is 67.0 Å². The number of nitrogens with one attached hydrogen (secondary N) is 1. The van der Waals surface area contributed by atoms with Gasteiger partial charge < -0.3 is 29.5 Å². The van der Waals surface area contributed by atoms with Gasteiger partial charge >= 0.3 is 11.9 Å². The molecule has 0 atom stereocenters. The van der Waals surface area contributed by atoms with Gasteiger partial charge in [-0.1, -0.05) is 35.9 Å². The Kier molecular flexibility index (Phi) is 13.3. The fourth-order valence-corrected chi connectivity index (χ4v) is 3.59. The average Bonchev–Trinajstić information content (AvgIpc) is 3.03. The summed E-state index contributed by atoms with van der Waals surface area (Å²) < 4.78 is 14.8. The Balaban J connectivity index is 0.000000521. The van der Waals surface area contributed by atoms with E-state index in [1.165, 1.54) is 17.3 Å². The molecule has 2 N–H and O–H groups in total. The number of hydrogen-bond acceptors (Lipinski definition) is 8. The van der Waals surface area contributed by atoms with Crippen molar-refractivity contribution in [2.24, 2.45) is 0 Å². The van der Waals surface area contributed by atoms with E-state index in [0.29, 0.717) is 30.9 Å². The van der Waals surface area contributed by atoms with Crippen LogP contribution in [0.25, 0.3) is 0 Å². The zero-order valence-corrected chi connectivity index (χ0v) is 21.4. The zero-order chi connectivity index (χ0) is 26.9. The van der Waals surface area contributed by atoms with E-state index in [4.69, 9.17) is 26.2 Å². The maximum atomic E-state index is 11.2. The third-order valence-corrected chi connectivity index (χ3v) is 5.25. The van der Waals surface area contributed by atoms with Crippen molar-refractivity contribution < 1.29 is 33.7 Å². The van der Waals surface area contributed by atoms with E-state index in [1.807, 2.05) is 24.3 Å². The maximum Gasteiger partial charge on any atom is 0.331 e. The molecule has 0 unspecified atom stereocenters. The molecule has 0 aromatic heterocycles. The number of ether oxygens (including phenoxy) is 3. The van der Waals surface area contributed by atoms with Crippen LogP contribution in [0, 0.1) is 0 Å². The molecule has 1 aliphatic rings. The summed E-state index contributed by atoms with van der Waals surface area (Å²) in [4.78, 5) is 32.5. The lowest BCUT2D eigenvalue weighted by molar-refractivity contribution is -0.137. The van der Waals surface area contributed by atoms with Gasteiger partial charge in [-0.15, -0.1) is 0 Å². The van der Waals surface area contributed by atoms with Crippen molar-refractivity contribution in [2.75, 3.05) is 31.1 Å². The number of para-hydroxylation sites is 1. The molecule has 0 bridgehead atoms. The quantitative estimate of drug-likeness (QED) is 0.133. The van der Waals surface area contributed by atoms with Crippen molar-refractivity contribution in [3.63, 3.8) is 0 Å². The lowest BCUT2D eigenvalue weighted by Crippen LogP contribution is -2.21. The summed E-state index contributed by atoms with van der Waals surface area (Å²) in [5, 5.41) is 11.9. The number of hydrogen-bond donors (Lipinski definition) is 2. The van der Waals surface area contributed by atoms with Gasteiger partial charge in [0.05, 0.1) is 18.4 Å². The summed E-state index contributed by atoms with van der Waals surface area (Å²) in [6.07, 6.45) is 6.78. The highest BCUT2D eigenvalue weighted by Crippen LogP contribution is 2.40. The van der Waals surface area contributed by atoms with Crippen LogP contribution >= 0.6 is 11.6 Å². The van der Waals surface area contributed by atoms with Crippen LogP contribution < -0.4 is 15.0 Å². The minimum atomic E-state index is -1.15. The van der Waals surface area contributed by atoms with E-state index in [1.54, 1.807) is 13.0 Å². The molecular formula is C27H31ClN2O7. The Labute approximate surface area is 221 Å². The van der Waals surface area contributed by atoms with Gasteiger partial charge in [-0.25, -0.2) is 9.59 Å². The van der Waals surface area contributed by atoms with E-state index >= 15 is 0 Å². The van der Waals surface area contributed by atoms with E-state index in [9.17, 15) is 14.4 Å². The molecule has 0 radical (unpaired) electrons. The van der Waals surface area contributed by atoms with Gasteiger partial charge in [0, 0.05) is 35.4 Å². The normalized spacial score (nSPS) is 12.0. The van der Waals surface area contributed by atoms with Gasteiger partial charge in [0.1, 0.15) is 18.6 Å². The Morgan fingerprint density at radius 1 is 1.16 bits per heavy atom. The summed E-state index contributed by atoms with van der Waals surface area (Å²) in [7, 11) is 0. The average molecular weight is 531 g/mol. The number of carboxylic acid groups (broad SMARTS) is 1. The largest absolute Gasteiger partial charge is 0.487 e. The molecule has 0 saturated carbocycles. The highest BCUT2D eigenvalue weighted by Gasteiger charge is 2.21. The molecule has 2 aromatic carbocycles. The summed E-state index contributed by atoms with van der Waals surface area (Å²) in [5.41, 5.74) is 3.34. The number of aliphatic carboxylic acids is 1. The van der Waals surface area contributed by atoms with E-state index in [2.05, 4.69) is 33.2 Å². The highest BCUT2D eigenvalue weighted by atomic mass is 35.5. The van der Waals surface area contributed by atoms with Crippen LogP contribution in [-0.4, -0.2) is 49.8 Å². The molecule has 3 rings (SSSR count). The predicted octanol–water partition coefficient (Wildman–Crippen LogP) is 4.62. The first-order valence-electron chi connectivity index (χ1n) is 11.8. The Hall–Kier alpha value is -3.82. The maximum absolute atomic E-state index is 11.2. The van der Waals surface area contributed by atoms with Gasteiger partial charge in [-0.2, -0.15) is 0 Å². The summed E-state index contributed by atoms with van der Waals surface area (Å²) in [6, 6.07) is 14.1. The fraction of sp³-hybridized carbons (Fsp3) is 0.296. The summed E-state index contributed by atoms with van der Waals surface area (Å²) >= 11 is 6.27. The van der Waals surface area contributed by atoms with Crippen LogP contribution in [0.3, 0.4) is 0 Å². The number of halogens is 1. The second kappa shape index (κ2) is 16.8. The summed E-state index contributed by atoms with van der Waals surface area (Å²) in [5.74, 6) is -0.589. The molecule has 198 valence electrons. The van der Waals surface area contributed by atoms with Crippen LogP contribution in [0.1, 0.15) is 25.3 Å². The molecule has 10 heteroatoms. The highest BCUT2D eigenvalue weighted by molar-refractivity contribution is 6.31. The van der Waals surface area contributed by atoms with E-state index in [0.717, 1.165) is 43.6 Å². The minimum Gasteiger partial charge on any atom is -0.487 e. The number of nitrogens with zero attached hydrogens (tertiary/aromatic N) is 1. The van der Waals surface area contributed by atoms with Crippen LogP contribution in [0.5, 0.6) is 5.75 Å². The standard InChI is InChI=1S/C23H27ClN2O3.C4H4O4/c1-2-28-23(27)10-7-14-25-13-5-6-15-26-20-9-4-3-8-18(20)17-29-22-12-11-19(24)16-21(22)26;5-3-8-2-1-4(6)7/h3-4,7-12,16,25H,2,5-6,13-15,17H2,1H3;1-3H,(H,6,7)/b10-7+;2-1-. The Morgan fingerprint density at radius 3 is 2.73 bits per heavy atom. The molecule has 9 nitrogen and oxygen atoms in total. The Bertz CT molecular complexity index is 1090.